The van der Waals surface area contributed by atoms with Crippen LogP contribution in [0.1, 0.15) is 10.4 Å². The Kier molecular flexibility index (Phi) is 4.85. The van der Waals surface area contributed by atoms with E-state index in [1.807, 2.05) is 0 Å². The second-order valence-corrected chi connectivity index (χ2v) is 7.59. The first-order valence-electron chi connectivity index (χ1n) is 7.04. The van der Waals surface area contributed by atoms with E-state index in [4.69, 9.17) is 27.6 Å². The summed E-state index contributed by atoms with van der Waals surface area (Å²) in [6.45, 7) is 0. The topological polar surface area (TPSA) is 67.6 Å². The number of furan rings is 1. The summed E-state index contributed by atoms with van der Waals surface area (Å²) in [6.07, 6.45) is 1.28. The zero-order chi connectivity index (χ0) is 18.0. The van der Waals surface area contributed by atoms with Crippen LogP contribution in [0.2, 0.25) is 10.0 Å². The number of nitrogens with zero attached hydrogens (tertiary/aromatic N) is 1. The second kappa shape index (κ2) is 6.92. The summed E-state index contributed by atoms with van der Waals surface area (Å²) < 4.78 is 31.7. The van der Waals surface area contributed by atoms with Crippen molar-refractivity contribution >= 4 is 45.0 Å². The number of halogens is 2. The lowest BCUT2D eigenvalue weighted by atomic mass is 10.2. The van der Waals surface area contributed by atoms with E-state index in [1.165, 1.54) is 48.7 Å². The lowest BCUT2D eigenvalue weighted by Crippen LogP contribution is -2.37. The number of anilines is 1. The van der Waals surface area contributed by atoms with Gasteiger partial charge in [0.1, 0.15) is 0 Å². The Hall–Kier alpha value is -2.28. The van der Waals surface area contributed by atoms with Gasteiger partial charge in [0, 0.05) is 11.1 Å². The molecule has 25 heavy (non-hydrogen) atoms. The molecule has 128 valence electrons. The molecule has 0 bridgehead atoms. The summed E-state index contributed by atoms with van der Waals surface area (Å²) >= 11 is 11.9. The average molecular weight is 396 g/mol. The normalized spacial score (nSPS) is 11.3. The summed E-state index contributed by atoms with van der Waals surface area (Å²) in [5, 5.41) is 0.370. The number of carbonyl (C=O) groups is 1. The van der Waals surface area contributed by atoms with Crippen molar-refractivity contribution in [2.24, 2.45) is 0 Å². The third kappa shape index (κ3) is 3.42. The van der Waals surface area contributed by atoms with Gasteiger partial charge in [0.2, 0.25) is 5.88 Å². The van der Waals surface area contributed by atoms with Gasteiger partial charge in [0.05, 0.1) is 21.7 Å². The first-order chi connectivity index (χ1) is 11.9. The van der Waals surface area contributed by atoms with E-state index >= 15 is 0 Å². The minimum atomic E-state index is -4.20. The number of amides is 1. The van der Waals surface area contributed by atoms with Crippen LogP contribution in [-0.4, -0.2) is 14.3 Å². The van der Waals surface area contributed by atoms with E-state index in [0.29, 0.717) is 9.33 Å². The first-order valence-corrected chi connectivity index (χ1v) is 9.24. The van der Waals surface area contributed by atoms with Gasteiger partial charge in [-0.05, 0) is 36.4 Å². The smallest absolute Gasteiger partial charge is 0.276 e. The fourth-order valence-electron chi connectivity index (χ4n) is 2.18. The van der Waals surface area contributed by atoms with Crippen molar-refractivity contribution in [2.45, 2.75) is 4.90 Å². The molecule has 1 aromatic heterocycles. The minimum Gasteiger partial charge on any atom is -0.447 e. The van der Waals surface area contributed by atoms with Gasteiger partial charge < -0.3 is 4.42 Å². The molecule has 0 radical (unpaired) electrons. The molecule has 0 aliphatic carbocycles. The Labute approximate surface area is 154 Å². The molecule has 0 fully saturated rings. The quantitative estimate of drug-likeness (QED) is 0.645. The molecule has 0 aliphatic rings. The van der Waals surface area contributed by atoms with E-state index in [2.05, 4.69) is 0 Å². The molecule has 0 saturated heterocycles. The maximum Gasteiger partial charge on any atom is 0.276 e. The van der Waals surface area contributed by atoms with Gasteiger partial charge in [-0.25, -0.2) is 8.42 Å². The van der Waals surface area contributed by atoms with E-state index < -0.39 is 15.9 Å². The monoisotopic (exact) mass is 395 g/mol. The van der Waals surface area contributed by atoms with Gasteiger partial charge in [0.15, 0.2) is 0 Å². The third-order valence-electron chi connectivity index (χ3n) is 3.33. The van der Waals surface area contributed by atoms with E-state index in [1.54, 1.807) is 18.2 Å². The maximum atomic E-state index is 13.0. The van der Waals surface area contributed by atoms with Crippen LogP contribution < -0.4 is 4.31 Å². The van der Waals surface area contributed by atoms with E-state index in [9.17, 15) is 13.2 Å². The molecule has 0 N–H and O–H groups in total. The van der Waals surface area contributed by atoms with Crippen molar-refractivity contribution in [3.63, 3.8) is 0 Å². The van der Waals surface area contributed by atoms with E-state index in [0.717, 1.165) is 0 Å². The number of benzene rings is 2. The Morgan fingerprint density at radius 3 is 2.28 bits per heavy atom. The molecule has 3 rings (SSSR count). The second-order valence-electron chi connectivity index (χ2n) is 4.96. The van der Waals surface area contributed by atoms with Crippen molar-refractivity contribution < 1.29 is 17.6 Å². The van der Waals surface area contributed by atoms with Crippen LogP contribution >= 0.6 is 23.2 Å². The van der Waals surface area contributed by atoms with Crippen LogP contribution in [0.15, 0.2) is 76.2 Å². The van der Waals surface area contributed by atoms with Crippen LogP contribution in [0.3, 0.4) is 0 Å². The van der Waals surface area contributed by atoms with Gasteiger partial charge in [-0.3, -0.25) is 4.79 Å². The minimum absolute atomic E-state index is 0.0121. The van der Waals surface area contributed by atoms with Gasteiger partial charge in [-0.2, -0.15) is 4.31 Å². The SMILES string of the molecule is O=C(c1ccc(Cl)cc1Cl)N(c1ccco1)S(=O)(=O)c1ccccc1. The van der Waals surface area contributed by atoms with Gasteiger partial charge in [-0.1, -0.05) is 41.4 Å². The Morgan fingerprint density at radius 1 is 0.960 bits per heavy atom. The highest BCUT2D eigenvalue weighted by Gasteiger charge is 2.34. The molecule has 1 amide bonds. The number of carbonyl (C=O) groups excluding carboxylic acids is 1. The molecule has 1 heterocycles. The van der Waals surface area contributed by atoms with Gasteiger partial charge in [0.25, 0.3) is 15.9 Å². The van der Waals surface area contributed by atoms with Crippen molar-refractivity contribution in [1.29, 1.82) is 0 Å². The largest absolute Gasteiger partial charge is 0.447 e. The van der Waals surface area contributed by atoms with Gasteiger partial charge in [-0.15, -0.1) is 0 Å². The molecule has 2 aromatic carbocycles. The summed E-state index contributed by atoms with van der Waals surface area (Å²) in [4.78, 5) is 12.9. The molecule has 0 unspecified atom stereocenters. The van der Waals surface area contributed by atoms with Crippen molar-refractivity contribution in [2.75, 3.05) is 4.31 Å². The molecule has 8 heteroatoms. The Bertz CT molecular complexity index is 1000. The van der Waals surface area contributed by atoms with Crippen molar-refractivity contribution in [3.05, 3.63) is 82.5 Å². The predicted molar refractivity (Wildman–Crippen MR) is 95.6 cm³/mol. The van der Waals surface area contributed by atoms with Crippen molar-refractivity contribution in [1.82, 2.24) is 0 Å². The molecule has 0 atom stereocenters. The van der Waals surface area contributed by atoms with Crippen LogP contribution in [-0.2, 0) is 10.0 Å². The maximum absolute atomic E-state index is 13.0. The summed E-state index contributed by atoms with van der Waals surface area (Å²) in [5.41, 5.74) is -0.0121. The highest BCUT2D eigenvalue weighted by atomic mass is 35.5. The van der Waals surface area contributed by atoms with Gasteiger partial charge >= 0.3 is 0 Å². The summed E-state index contributed by atoms with van der Waals surface area (Å²) in [6, 6.07) is 14.6. The number of sulfonamides is 1. The Balaban J connectivity index is 2.15. The summed E-state index contributed by atoms with van der Waals surface area (Å²) in [7, 11) is -4.20. The standard InChI is InChI=1S/C17H11Cl2NO4S/c18-12-8-9-14(15(19)11-12)17(21)20(16-7-4-10-24-16)25(22,23)13-5-2-1-3-6-13/h1-11H. The number of hydrogen-bond donors (Lipinski definition) is 0. The molecular formula is C17H11Cl2NO4S. The number of rotatable bonds is 4. The molecule has 3 aromatic rings. The molecule has 0 spiro atoms. The van der Waals surface area contributed by atoms with Crippen LogP contribution in [0.5, 0.6) is 0 Å². The number of hydrogen-bond acceptors (Lipinski definition) is 4. The predicted octanol–water partition coefficient (Wildman–Crippen LogP) is 4.62. The van der Waals surface area contributed by atoms with Crippen LogP contribution in [0, 0.1) is 0 Å². The highest BCUT2D eigenvalue weighted by molar-refractivity contribution is 7.93. The molecule has 0 aliphatic heterocycles. The zero-order valence-electron chi connectivity index (χ0n) is 12.6. The third-order valence-corrected chi connectivity index (χ3v) is 5.58. The van der Waals surface area contributed by atoms with Crippen molar-refractivity contribution in [3.8, 4) is 0 Å². The molecular weight excluding hydrogens is 385 g/mol. The highest BCUT2D eigenvalue weighted by Crippen LogP contribution is 2.29. The summed E-state index contributed by atoms with van der Waals surface area (Å²) in [5.74, 6) is -0.986. The molecule has 0 saturated carbocycles. The lowest BCUT2D eigenvalue weighted by Gasteiger charge is -2.20. The molecule has 5 nitrogen and oxygen atoms in total. The zero-order valence-corrected chi connectivity index (χ0v) is 14.9. The average Bonchev–Trinajstić information content (AvgIpc) is 3.09. The lowest BCUT2D eigenvalue weighted by molar-refractivity contribution is 0.100. The fraction of sp³-hybridized carbons (Fsp3) is 0. The Morgan fingerprint density at radius 2 is 1.68 bits per heavy atom. The van der Waals surface area contributed by atoms with Crippen LogP contribution in [0.4, 0.5) is 5.88 Å². The van der Waals surface area contributed by atoms with E-state index in [-0.39, 0.29) is 21.4 Å². The van der Waals surface area contributed by atoms with Crippen LogP contribution in [0.25, 0.3) is 0 Å². The fourth-order valence-corrected chi connectivity index (χ4v) is 4.04. The first kappa shape index (κ1) is 17.5.